The van der Waals surface area contributed by atoms with E-state index in [1.54, 1.807) is 0 Å². The fraction of sp³-hybridized carbons (Fsp3) is 0.750. The summed E-state index contributed by atoms with van der Waals surface area (Å²) in [6.07, 6.45) is 5.42. The zero-order chi connectivity index (χ0) is 12.1. The number of nitrogens with one attached hydrogen (secondary N) is 1. The van der Waals surface area contributed by atoms with Crippen molar-refractivity contribution in [2.75, 3.05) is 24.7 Å². The molecule has 0 spiro atoms. The summed E-state index contributed by atoms with van der Waals surface area (Å²) in [5.74, 6) is 2.18. The Labute approximate surface area is 107 Å². The molecule has 1 aliphatic heterocycles. The smallest absolute Gasteiger partial charge is 0.0861 e. The zero-order valence-corrected chi connectivity index (χ0v) is 11.4. The van der Waals surface area contributed by atoms with E-state index in [0.717, 1.165) is 31.1 Å². The summed E-state index contributed by atoms with van der Waals surface area (Å²) in [5.41, 5.74) is 1.23. The lowest BCUT2D eigenvalue weighted by Gasteiger charge is -2.30. The Balaban J connectivity index is 2.06. The third-order valence-corrected chi connectivity index (χ3v) is 3.93. The van der Waals surface area contributed by atoms with Gasteiger partial charge in [-0.1, -0.05) is 6.92 Å². The average Bonchev–Trinajstić information content (AvgIpc) is 2.78. The summed E-state index contributed by atoms with van der Waals surface area (Å²) < 4.78 is 7.73. The second-order valence-corrected chi connectivity index (χ2v) is 5.51. The Morgan fingerprint density at radius 3 is 3.18 bits per heavy atom. The Morgan fingerprint density at radius 1 is 1.71 bits per heavy atom. The Bertz CT molecular complexity index is 336. The second kappa shape index (κ2) is 6.42. The molecule has 0 bridgehead atoms. The monoisotopic (exact) mass is 255 g/mol. The van der Waals surface area contributed by atoms with Crippen LogP contribution in [0, 0.1) is 0 Å². The number of aryl methyl sites for hydroxylation is 1. The first-order chi connectivity index (χ1) is 8.31. The van der Waals surface area contributed by atoms with Gasteiger partial charge in [-0.2, -0.15) is 16.9 Å². The van der Waals surface area contributed by atoms with Crippen molar-refractivity contribution in [3.05, 3.63) is 18.0 Å². The molecule has 2 heterocycles. The van der Waals surface area contributed by atoms with Crippen LogP contribution in [0.4, 0.5) is 0 Å². The standard InChI is InChI=1S/C12H21N3OS/c1-3-4-13-12(10-7-14-15(2)8-10)11-9-17-6-5-16-11/h7-8,11-13H,3-6,9H2,1-2H3. The lowest BCUT2D eigenvalue weighted by atomic mass is 10.1. The maximum Gasteiger partial charge on any atom is 0.0861 e. The van der Waals surface area contributed by atoms with Crippen molar-refractivity contribution in [3.8, 4) is 0 Å². The molecule has 0 aromatic carbocycles. The first kappa shape index (κ1) is 12.9. The number of ether oxygens (including phenoxy) is 1. The third-order valence-electron chi connectivity index (χ3n) is 2.91. The molecule has 96 valence electrons. The fourth-order valence-electron chi connectivity index (χ4n) is 2.06. The van der Waals surface area contributed by atoms with Gasteiger partial charge in [0.05, 0.1) is 24.9 Å². The molecule has 1 saturated heterocycles. The van der Waals surface area contributed by atoms with Crippen LogP contribution < -0.4 is 5.32 Å². The first-order valence-corrected chi connectivity index (χ1v) is 7.38. The van der Waals surface area contributed by atoms with Crippen LogP contribution in [-0.4, -0.2) is 40.5 Å². The van der Waals surface area contributed by atoms with Crippen LogP contribution in [-0.2, 0) is 11.8 Å². The maximum absolute atomic E-state index is 5.88. The lowest BCUT2D eigenvalue weighted by molar-refractivity contribution is 0.0468. The number of thioether (sulfide) groups is 1. The number of aromatic nitrogens is 2. The van der Waals surface area contributed by atoms with Gasteiger partial charge in [0.2, 0.25) is 0 Å². The molecular weight excluding hydrogens is 234 g/mol. The second-order valence-electron chi connectivity index (χ2n) is 4.36. The van der Waals surface area contributed by atoms with Crippen molar-refractivity contribution < 1.29 is 4.74 Å². The first-order valence-electron chi connectivity index (χ1n) is 6.22. The minimum Gasteiger partial charge on any atom is -0.375 e. The highest BCUT2D eigenvalue weighted by Crippen LogP contribution is 2.25. The molecule has 5 heteroatoms. The molecule has 2 rings (SSSR count). The highest BCUT2D eigenvalue weighted by Gasteiger charge is 2.26. The Hall–Kier alpha value is -0.520. The molecule has 2 unspecified atom stereocenters. The summed E-state index contributed by atoms with van der Waals surface area (Å²) in [6, 6.07) is 0.274. The van der Waals surface area contributed by atoms with Gasteiger partial charge in [0, 0.05) is 30.3 Å². The van der Waals surface area contributed by atoms with Crippen LogP contribution in [0.25, 0.3) is 0 Å². The predicted octanol–water partition coefficient (Wildman–Crippen LogP) is 1.59. The minimum atomic E-state index is 0.268. The van der Waals surface area contributed by atoms with Gasteiger partial charge in [-0.15, -0.1) is 0 Å². The number of rotatable bonds is 5. The molecule has 0 radical (unpaired) electrons. The van der Waals surface area contributed by atoms with Crippen LogP contribution >= 0.6 is 11.8 Å². The van der Waals surface area contributed by atoms with E-state index >= 15 is 0 Å². The molecule has 0 saturated carbocycles. The zero-order valence-electron chi connectivity index (χ0n) is 10.6. The quantitative estimate of drug-likeness (QED) is 0.867. The van der Waals surface area contributed by atoms with E-state index in [4.69, 9.17) is 4.74 Å². The topological polar surface area (TPSA) is 39.1 Å². The van der Waals surface area contributed by atoms with Gasteiger partial charge in [0.15, 0.2) is 0 Å². The van der Waals surface area contributed by atoms with Crippen molar-refractivity contribution in [3.63, 3.8) is 0 Å². The average molecular weight is 255 g/mol. The van der Waals surface area contributed by atoms with E-state index in [-0.39, 0.29) is 12.1 Å². The molecule has 1 aromatic heterocycles. The third kappa shape index (κ3) is 3.47. The molecule has 1 N–H and O–H groups in total. The summed E-state index contributed by atoms with van der Waals surface area (Å²) >= 11 is 1.97. The van der Waals surface area contributed by atoms with Gasteiger partial charge < -0.3 is 10.1 Å². The molecule has 0 aliphatic carbocycles. The molecule has 1 fully saturated rings. The summed E-state index contributed by atoms with van der Waals surface area (Å²) in [5, 5.41) is 7.83. The van der Waals surface area contributed by atoms with Crippen molar-refractivity contribution in [1.29, 1.82) is 0 Å². The fourth-order valence-corrected chi connectivity index (χ4v) is 2.96. The van der Waals surface area contributed by atoms with Crippen LogP contribution in [0.5, 0.6) is 0 Å². The van der Waals surface area contributed by atoms with Crippen LogP contribution in [0.15, 0.2) is 12.4 Å². The Kier molecular flexibility index (Phi) is 4.88. The van der Waals surface area contributed by atoms with Crippen molar-refractivity contribution >= 4 is 11.8 Å². The SMILES string of the molecule is CCCNC(c1cnn(C)c1)C1CSCCO1. The largest absolute Gasteiger partial charge is 0.375 e. The number of nitrogens with zero attached hydrogens (tertiary/aromatic N) is 2. The molecule has 1 aliphatic rings. The van der Waals surface area contributed by atoms with E-state index in [0.29, 0.717) is 0 Å². The number of hydrogen-bond acceptors (Lipinski definition) is 4. The van der Waals surface area contributed by atoms with E-state index in [1.807, 2.05) is 29.7 Å². The van der Waals surface area contributed by atoms with E-state index in [2.05, 4.69) is 23.5 Å². The number of hydrogen-bond donors (Lipinski definition) is 1. The van der Waals surface area contributed by atoms with Gasteiger partial charge in [0.1, 0.15) is 0 Å². The van der Waals surface area contributed by atoms with E-state index in [9.17, 15) is 0 Å². The van der Waals surface area contributed by atoms with E-state index in [1.165, 1.54) is 5.56 Å². The van der Waals surface area contributed by atoms with E-state index < -0.39 is 0 Å². The maximum atomic E-state index is 5.88. The van der Waals surface area contributed by atoms with Crippen LogP contribution in [0.1, 0.15) is 24.9 Å². The normalized spacial score (nSPS) is 22.6. The van der Waals surface area contributed by atoms with Gasteiger partial charge in [-0.3, -0.25) is 4.68 Å². The van der Waals surface area contributed by atoms with Gasteiger partial charge in [-0.25, -0.2) is 0 Å². The summed E-state index contributed by atoms with van der Waals surface area (Å²) in [6.45, 7) is 4.06. The van der Waals surface area contributed by atoms with Crippen molar-refractivity contribution in [1.82, 2.24) is 15.1 Å². The predicted molar refractivity (Wildman–Crippen MR) is 71.3 cm³/mol. The molecule has 0 amide bonds. The molecule has 2 atom stereocenters. The molecule has 17 heavy (non-hydrogen) atoms. The van der Waals surface area contributed by atoms with Crippen molar-refractivity contribution in [2.24, 2.45) is 7.05 Å². The van der Waals surface area contributed by atoms with Gasteiger partial charge in [0.25, 0.3) is 0 Å². The van der Waals surface area contributed by atoms with Crippen LogP contribution in [0.3, 0.4) is 0 Å². The highest BCUT2D eigenvalue weighted by molar-refractivity contribution is 7.99. The lowest BCUT2D eigenvalue weighted by Crippen LogP contribution is -2.38. The highest BCUT2D eigenvalue weighted by atomic mass is 32.2. The molecule has 4 nitrogen and oxygen atoms in total. The Morgan fingerprint density at radius 2 is 2.59 bits per heavy atom. The van der Waals surface area contributed by atoms with Gasteiger partial charge in [-0.05, 0) is 13.0 Å². The molecular formula is C12H21N3OS. The van der Waals surface area contributed by atoms with Gasteiger partial charge >= 0.3 is 0 Å². The summed E-state index contributed by atoms with van der Waals surface area (Å²) in [7, 11) is 1.96. The van der Waals surface area contributed by atoms with Crippen molar-refractivity contribution in [2.45, 2.75) is 25.5 Å². The molecule has 1 aromatic rings. The van der Waals surface area contributed by atoms with Crippen LogP contribution in [0.2, 0.25) is 0 Å². The summed E-state index contributed by atoms with van der Waals surface area (Å²) in [4.78, 5) is 0. The minimum absolute atomic E-state index is 0.268.